The number of hydrogen-bond acceptors (Lipinski definition) is 2. The molecule has 0 atom stereocenters. The smallest absolute Gasteiger partial charge is 0.0561 e. The number of anilines is 3. The lowest BCUT2D eigenvalue weighted by atomic mass is 9.97. The van der Waals surface area contributed by atoms with Crippen LogP contribution >= 0.6 is 11.3 Å². The minimum absolute atomic E-state index is 1.10. The van der Waals surface area contributed by atoms with Gasteiger partial charge in [0, 0.05) is 59.1 Å². The molecule has 2 aromatic heterocycles. The zero-order valence-corrected chi connectivity index (χ0v) is 30.7. The Morgan fingerprint density at radius 2 is 1.00 bits per heavy atom. The Morgan fingerprint density at radius 1 is 0.382 bits per heavy atom. The standard InChI is InChI=1S/C52H34N2S/c1-2-16-37(17-3-1)54-49-26-10-6-19-42(49)44-33-32-39(34-50(44)54)53(38-30-28-36(29-31-38)41-22-12-15-35-14-4-5-18-40(35)41)48-25-9-7-20-43(48)46-23-13-24-47-45-21-8-11-27-51(45)55-52(46)47/h1-34H. The highest BCUT2D eigenvalue weighted by Gasteiger charge is 2.22. The van der Waals surface area contributed by atoms with Crippen molar-refractivity contribution in [2.75, 3.05) is 4.90 Å². The van der Waals surface area contributed by atoms with Gasteiger partial charge >= 0.3 is 0 Å². The summed E-state index contributed by atoms with van der Waals surface area (Å²) in [5.74, 6) is 0. The van der Waals surface area contributed by atoms with E-state index < -0.39 is 0 Å². The summed E-state index contributed by atoms with van der Waals surface area (Å²) in [7, 11) is 0. The first-order valence-electron chi connectivity index (χ1n) is 18.8. The number of aromatic nitrogens is 1. The Kier molecular flexibility index (Phi) is 7.39. The van der Waals surface area contributed by atoms with Gasteiger partial charge in [0.1, 0.15) is 0 Å². The molecule has 0 bridgehead atoms. The van der Waals surface area contributed by atoms with Gasteiger partial charge < -0.3 is 9.47 Å². The van der Waals surface area contributed by atoms with E-state index in [1.807, 2.05) is 11.3 Å². The van der Waals surface area contributed by atoms with Crippen LogP contribution in [0.5, 0.6) is 0 Å². The topological polar surface area (TPSA) is 8.17 Å². The molecular weight excluding hydrogens is 685 g/mol. The second kappa shape index (κ2) is 12.9. The van der Waals surface area contributed by atoms with Gasteiger partial charge in [0.25, 0.3) is 0 Å². The van der Waals surface area contributed by atoms with E-state index in [0.717, 1.165) is 22.7 Å². The number of para-hydroxylation sites is 3. The minimum atomic E-state index is 1.10. The highest BCUT2D eigenvalue weighted by atomic mass is 32.1. The number of fused-ring (bicyclic) bond motifs is 7. The maximum absolute atomic E-state index is 2.45. The monoisotopic (exact) mass is 718 g/mol. The minimum Gasteiger partial charge on any atom is -0.310 e. The third-order valence-electron chi connectivity index (χ3n) is 11.0. The first-order valence-corrected chi connectivity index (χ1v) is 19.6. The predicted octanol–water partition coefficient (Wildman–Crippen LogP) is 15.1. The molecule has 0 spiro atoms. The lowest BCUT2D eigenvalue weighted by Crippen LogP contribution is -2.11. The molecular formula is C52H34N2S. The van der Waals surface area contributed by atoms with Crippen LogP contribution in [-0.4, -0.2) is 4.57 Å². The van der Waals surface area contributed by atoms with Crippen molar-refractivity contribution < 1.29 is 0 Å². The zero-order valence-electron chi connectivity index (χ0n) is 29.9. The molecule has 258 valence electrons. The molecule has 0 aliphatic heterocycles. The highest BCUT2D eigenvalue weighted by molar-refractivity contribution is 7.26. The molecule has 3 heteroatoms. The summed E-state index contributed by atoms with van der Waals surface area (Å²) in [6.07, 6.45) is 0. The molecule has 11 aromatic rings. The van der Waals surface area contributed by atoms with E-state index in [1.165, 1.54) is 75.0 Å². The van der Waals surface area contributed by atoms with E-state index in [-0.39, 0.29) is 0 Å². The van der Waals surface area contributed by atoms with Crippen LogP contribution in [0.4, 0.5) is 17.1 Å². The summed E-state index contributed by atoms with van der Waals surface area (Å²) in [6, 6.07) is 75.2. The number of rotatable bonds is 6. The zero-order chi connectivity index (χ0) is 36.3. The van der Waals surface area contributed by atoms with Crippen molar-refractivity contribution >= 4 is 81.1 Å². The molecule has 0 aliphatic rings. The largest absolute Gasteiger partial charge is 0.310 e. The van der Waals surface area contributed by atoms with Gasteiger partial charge in [-0.05, 0) is 76.5 Å². The fourth-order valence-electron chi connectivity index (χ4n) is 8.50. The Labute approximate surface area is 323 Å². The van der Waals surface area contributed by atoms with E-state index in [0.29, 0.717) is 0 Å². The van der Waals surface area contributed by atoms with Gasteiger partial charge in [-0.15, -0.1) is 11.3 Å². The van der Waals surface area contributed by atoms with Crippen LogP contribution in [0.3, 0.4) is 0 Å². The summed E-state index contributed by atoms with van der Waals surface area (Å²) in [4.78, 5) is 2.45. The third-order valence-corrected chi connectivity index (χ3v) is 12.2. The van der Waals surface area contributed by atoms with Crippen molar-refractivity contribution in [1.29, 1.82) is 0 Å². The highest BCUT2D eigenvalue weighted by Crippen LogP contribution is 2.47. The van der Waals surface area contributed by atoms with E-state index in [2.05, 4.69) is 216 Å². The van der Waals surface area contributed by atoms with Gasteiger partial charge in [-0.2, -0.15) is 0 Å². The molecule has 0 unspecified atom stereocenters. The molecule has 9 aromatic carbocycles. The molecule has 11 rings (SSSR count). The van der Waals surface area contributed by atoms with Crippen LogP contribution in [0.2, 0.25) is 0 Å². The van der Waals surface area contributed by atoms with E-state index in [1.54, 1.807) is 0 Å². The van der Waals surface area contributed by atoms with Crippen LogP contribution in [0.1, 0.15) is 0 Å². The molecule has 55 heavy (non-hydrogen) atoms. The number of nitrogens with zero attached hydrogens (tertiary/aromatic N) is 2. The first kappa shape index (κ1) is 31.6. The molecule has 0 amide bonds. The van der Waals surface area contributed by atoms with Gasteiger partial charge in [-0.1, -0.05) is 152 Å². The van der Waals surface area contributed by atoms with Gasteiger partial charge in [-0.25, -0.2) is 0 Å². The number of thiophene rings is 1. The van der Waals surface area contributed by atoms with Crippen LogP contribution < -0.4 is 4.90 Å². The first-order chi connectivity index (χ1) is 27.3. The van der Waals surface area contributed by atoms with Crippen LogP contribution in [-0.2, 0) is 0 Å². The summed E-state index contributed by atoms with van der Waals surface area (Å²) in [5, 5.41) is 7.59. The molecule has 2 nitrogen and oxygen atoms in total. The van der Waals surface area contributed by atoms with Crippen molar-refractivity contribution in [1.82, 2.24) is 4.57 Å². The second-order valence-electron chi connectivity index (χ2n) is 14.1. The van der Waals surface area contributed by atoms with Crippen molar-refractivity contribution in [2.45, 2.75) is 0 Å². The average molecular weight is 719 g/mol. The van der Waals surface area contributed by atoms with Crippen LogP contribution in [0.15, 0.2) is 206 Å². The number of benzene rings is 9. The molecule has 0 saturated carbocycles. The lowest BCUT2D eigenvalue weighted by molar-refractivity contribution is 1.18. The van der Waals surface area contributed by atoms with Crippen LogP contribution in [0.25, 0.3) is 80.7 Å². The summed E-state index contributed by atoms with van der Waals surface area (Å²) >= 11 is 1.88. The predicted molar refractivity (Wildman–Crippen MR) is 237 cm³/mol. The molecule has 0 radical (unpaired) electrons. The Bertz CT molecular complexity index is 3200. The average Bonchev–Trinajstić information content (AvgIpc) is 3.80. The van der Waals surface area contributed by atoms with E-state index in [4.69, 9.17) is 0 Å². The van der Waals surface area contributed by atoms with Crippen molar-refractivity contribution in [3.8, 4) is 27.9 Å². The Morgan fingerprint density at radius 3 is 1.89 bits per heavy atom. The second-order valence-corrected chi connectivity index (χ2v) is 15.1. The van der Waals surface area contributed by atoms with Crippen molar-refractivity contribution in [3.05, 3.63) is 206 Å². The van der Waals surface area contributed by atoms with Gasteiger partial charge in [0.15, 0.2) is 0 Å². The fourth-order valence-corrected chi connectivity index (χ4v) is 9.73. The molecule has 0 fully saturated rings. The fraction of sp³-hybridized carbons (Fsp3) is 0. The Hall–Kier alpha value is -6.94. The lowest BCUT2D eigenvalue weighted by Gasteiger charge is -2.28. The van der Waals surface area contributed by atoms with E-state index >= 15 is 0 Å². The summed E-state index contributed by atoms with van der Waals surface area (Å²) < 4.78 is 5.02. The van der Waals surface area contributed by atoms with E-state index in [9.17, 15) is 0 Å². The van der Waals surface area contributed by atoms with Crippen molar-refractivity contribution in [2.24, 2.45) is 0 Å². The molecule has 0 saturated heterocycles. The number of hydrogen-bond donors (Lipinski definition) is 0. The summed E-state index contributed by atoms with van der Waals surface area (Å²) in [6.45, 7) is 0. The molecule has 0 aliphatic carbocycles. The molecule has 2 heterocycles. The normalized spacial score (nSPS) is 11.6. The van der Waals surface area contributed by atoms with Gasteiger partial charge in [0.05, 0.1) is 16.7 Å². The SMILES string of the molecule is c1ccc(-n2c3ccccc3c3ccc(N(c4ccc(-c5cccc6ccccc56)cc4)c4ccccc4-c4cccc5c4sc4ccccc45)cc32)cc1. The van der Waals surface area contributed by atoms with Gasteiger partial charge in [0.2, 0.25) is 0 Å². The maximum Gasteiger partial charge on any atom is 0.0561 e. The van der Waals surface area contributed by atoms with Gasteiger partial charge in [-0.3, -0.25) is 0 Å². The quantitative estimate of drug-likeness (QED) is 0.166. The summed E-state index contributed by atoms with van der Waals surface area (Å²) in [5.41, 5.74) is 11.7. The Balaban J connectivity index is 1.15. The maximum atomic E-state index is 2.45. The molecule has 0 N–H and O–H groups in total. The third kappa shape index (κ3) is 5.16. The van der Waals surface area contributed by atoms with Crippen LogP contribution in [0, 0.1) is 0 Å². The van der Waals surface area contributed by atoms with Crippen molar-refractivity contribution in [3.63, 3.8) is 0 Å².